The number of ether oxygens (including phenoxy) is 2. The summed E-state index contributed by atoms with van der Waals surface area (Å²) in [6.45, 7) is 6.20. The van der Waals surface area contributed by atoms with Gasteiger partial charge in [-0.25, -0.2) is 23.6 Å². The molecule has 0 radical (unpaired) electrons. The molecule has 0 saturated carbocycles. The van der Waals surface area contributed by atoms with Crippen molar-refractivity contribution in [2.45, 2.75) is 38.8 Å². The van der Waals surface area contributed by atoms with E-state index >= 15 is 4.39 Å². The van der Waals surface area contributed by atoms with Crippen molar-refractivity contribution in [3.8, 4) is 5.88 Å². The maximum Gasteiger partial charge on any atom is 0.414 e. The summed E-state index contributed by atoms with van der Waals surface area (Å²) in [6, 6.07) is 2.87. The SMILES string of the molecule is COc1nc(N2CC3C(=O)N(C)C(NC(=O)OC(C)(C)C)=NC3(c3cc(F)ccc3F)C2)nc(C)c1F. The van der Waals surface area contributed by atoms with E-state index in [0.717, 1.165) is 23.1 Å². The van der Waals surface area contributed by atoms with Crippen LogP contribution in [0.1, 0.15) is 32.0 Å². The minimum absolute atomic E-state index is 0.00179. The van der Waals surface area contributed by atoms with Crippen LogP contribution in [0.3, 0.4) is 0 Å². The summed E-state index contributed by atoms with van der Waals surface area (Å²) >= 11 is 0. The topological polar surface area (TPSA) is 109 Å². The number of alkyl carbamates (subject to hydrolysis) is 1. The Bertz CT molecular complexity index is 1300. The smallest absolute Gasteiger partial charge is 0.414 e. The van der Waals surface area contributed by atoms with Crippen LogP contribution < -0.4 is 15.0 Å². The van der Waals surface area contributed by atoms with Crippen LogP contribution in [-0.4, -0.2) is 65.7 Å². The normalized spacial score (nSPS) is 21.5. The minimum atomic E-state index is -1.67. The zero-order chi connectivity index (χ0) is 27.3. The van der Waals surface area contributed by atoms with Gasteiger partial charge < -0.3 is 14.4 Å². The van der Waals surface area contributed by atoms with Crippen LogP contribution in [0.5, 0.6) is 5.88 Å². The Balaban J connectivity index is 1.85. The Labute approximate surface area is 211 Å². The van der Waals surface area contributed by atoms with E-state index in [1.165, 1.54) is 26.0 Å². The molecule has 1 saturated heterocycles. The zero-order valence-electron chi connectivity index (χ0n) is 21.2. The highest BCUT2D eigenvalue weighted by molar-refractivity contribution is 6.06. The average molecular weight is 521 g/mol. The molecule has 1 N–H and O–H groups in total. The Morgan fingerprint density at radius 3 is 2.57 bits per heavy atom. The second kappa shape index (κ2) is 9.20. The van der Waals surface area contributed by atoms with Crippen molar-refractivity contribution in [3.63, 3.8) is 0 Å². The van der Waals surface area contributed by atoms with E-state index in [0.29, 0.717) is 0 Å². The van der Waals surface area contributed by atoms with E-state index in [2.05, 4.69) is 20.3 Å². The molecule has 1 aromatic carbocycles. The third-order valence-corrected chi connectivity index (χ3v) is 6.12. The summed E-state index contributed by atoms with van der Waals surface area (Å²) in [5, 5.41) is 2.44. The zero-order valence-corrected chi connectivity index (χ0v) is 21.2. The molecule has 2 atom stereocenters. The van der Waals surface area contributed by atoms with Crippen LogP contribution in [0.2, 0.25) is 0 Å². The number of amides is 2. The van der Waals surface area contributed by atoms with Gasteiger partial charge in [0.1, 0.15) is 22.8 Å². The van der Waals surface area contributed by atoms with Gasteiger partial charge in [-0.1, -0.05) is 0 Å². The van der Waals surface area contributed by atoms with E-state index in [4.69, 9.17) is 9.47 Å². The van der Waals surface area contributed by atoms with Crippen molar-refractivity contribution in [1.29, 1.82) is 0 Å². The number of methoxy groups -OCH3 is 1. The van der Waals surface area contributed by atoms with E-state index in [-0.39, 0.29) is 42.1 Å². The maximum atomic E-state index is 15.2. The number of carbonyl (C=O) groups is 2. The second-order valence-electron chi connectivity index (χ2n) is 9.87. The van der Waals surface area contributed by atoms with E-state index in [1.807, 2.05) is 0 Å². The molecule has 2 aliphatic rings. The second-order valence-corrected chi connectivity index (χ2v) is 9.87. The predicted molar refractivity (Wildman–Crippen MR) is 127 cm³/mol. The van der Waals surface area contributed by atoms with Crippen molar-refractivity contribution in [2.24, 2.45) is 10.9 Å². The van der Waals surface area contributed by atoms with Crippen molar-refractivity contribution in [2.75, 3.05) is 32.1 Å². The lowest BCUT2D eigenvalue weighted by molar-refractivity contribution is -0.132. The fourth-order valence-corrected chi connectivity index (χ4v) is 4.45. The number of anilines is 1. The summed E-state index contributed by atoms with van der Waals surface area (Å²) in [6.07, 6.45) is -0.878. The third-order valence-electron chi connectivity index (χ3n) is 6.12. The van der Waals surface area contributed by atoms with Crippen LogP contribution in [-0.2, 0) is 15.1 Å². The maximum absolute atomic E-state index is 15.2. The molecule has 198 valence electrons. The first-order chi connectivity index (χ1) is 17.3. The van der Waals surface area contributed by atoms with Crippen LogP contribution in [0.15, 0.2) is 23.2 Å². The molecule has 2 aromatic rings. The molecule has 0 aliphatic carbocycles. The van der Waals surface area contributed by atoms with Crippen molar-refractivity contribution in [3.05, 3.63) is 46.9 Å². The van der Waals surface area contributed by atoms with Gasteiger partial charge in [-0.2, -0.15) is 9.37 Å². The van der Waals surface area contributed by atoms with E-state index in [9.17, 15) is 18.4 Å². The minimum Gasteiger partial charge on any atom is -0.479 e. The van der Waals surface area contributed by atoms with Crippen LogP contribution in [0, 0.1) is 30.3 Å². The highest BCUT2D eigenvalue weighted by Gasteiger charge is 2.57. The molecule has 37 heavy (non-hydrogen) atoms. The highest BCUT2D eigenvalue weighted by atomic mass is 19.1. The van der Waals surface area contributed by atoms with Gasteiger partial charge in [0.2, 0.25) is 23.6 Å². The van der Waals surface area contributed by atoms with Gasteiger partial charge in [0.05, 0.1) is 25.3 Å². The van der Waals surface area contributed by atoms with Crippen molar-refractivity contribution >= 4 is 23.9 Å². The highest BCUT2D eigenvalue weighted by Crippen LogP contribution is 2.46. The molecule has 10 nitrogen and oxygen atoms in total. The van der Waals surface area contributed by atoms with Gasteiger partial charge in [-0.3, -0.25) is 15.0 Å². The molecule has 1 fully saturated rings. The number of fused-ring (bicyclic) bond motifs is 1. The fourth-order valence-electron chi connectivity index (χ4n) is 4.45. The molecule has 3 heterocycles. The Morgan fingerprint density at radius 2 is 1.92 bits per heavy atom. The van der Waals surface area contributed by atoms with E-state index in [1.54, 1.807) is 20.8 Å². The molecule has 13 heteroatoms. The largest absolute Gasteiger partial charge is 0.479 e. The lowest BCUT2D eigenvalue weighted by Gasteiger charge is -2.38. The van der Waals surface area contributed by atoms with Crippen molar-refractivity contribution in [1.82, 2.24) is 20.2 Å². The first kappa shape index (κ1) is 26.2. The van der Waals surface area contributed by atoms with Gasteiger partial charge in [0.15, 0.2) is 0 Å². The Hall–Kier alpha value is -3.90. The molecule has 2 amide bonds. The molecule has 2 aliphatic heterocycles. The number of aryl methyl sites for hydroxylation is 1. The molecule has 2 unspecified atom stereocenters. The molecule has 1 aromatic heterocycles. The summed E-state index contributed by atoms with van der Waals surface area (Å²) in [7, 11) is 2.65. The summed E-state index contributed by atoms with van der Waals surface area (Å²) < 4.78 is 54.1. The number of hydrogen-bond donors (Lipinski definition) is 1. The van der Waals surface area contributed by atoms with Crippen molar-refractivity contribution < 1.29 is 32.2 Å². The molecule has 0 spiro atoms. The number of nitrogens with zero attached hydrogens (tertiary/aromatic N) is 5. The Morgan fingerprint density at radius 1 is 1.22 bits per heavy atom. The van der Waals surface area contributed by atoms with Crippen LogP contribution in [0.25, 0.3) is 0 Å². The lowest BCUT2D eigenvalue weighted by Crippen LogP contribution is -2.57. The summed E-state index contributed by atoms with van der Waals surface area (Å²) in [5.74, 6) is -4.28. The number of guanidine groups is 1. The number of rotatable bonds is 3. The average Bonchev–Trinajstić information content (AvgIpc) is 3.20. The van der Waals surface area contributed by atoms with Gasteiger partial charge in [0.25, 0.3) is 5.88 Å². The molecule has 4 rings (SSSR count). The number of halogens is 3. The molecule has 0 bridgehead atoms. The molecular formula is C24H27F3N6O4. The first-order valence-electron chi connectivity index (χ1n) is 11.4. The number of hydrogen-bond acceptors (Lipinski definition) is 8. The number of aliphatic imine (C=N–C) groups is 1. The number of aromatic nitrogens is 2. The number of carbonyl (C=O) groups excluding carboxylic acids is 2. The Kier molecular flexibility index (Phi) is 6.51. The van der Waals surface area contributed by atoms with Crippen LogP contribution >= 0.6 is 0 Å². The van der Waals surface area contributed by atoms with Crippen LogP contribution in [0.4, 0.5) is 23.9 Å². The fraction of sp³-hybridized carbons (Fsp3) is 0.458. The number of benzene rings is 1. The monoisotopic (exact) mass is 520 g/mol. The summed E-state index contributed by atoms with van der Waals surface area (Å²) in [5.41, 5.74) is -2.69. The van der Waals surface area contributed by atoms with Gasteiger partial charge in [-0.15, -0.1) is 0 Å². The van der Waals surface area contributed by atoms with Gasteiger partial charge in [-0.05, 0) is 45.9 Å². The van der Waals surface area contributed by atoms with Gasteiger partial charge >= 0.3 is 6.09 Å². The molecular weight excluding hydrogens is 493 g/mol. The van der Waals surface area contributed by atoms with Gasteiger partial charge in [0, 0.05) is 19.2 Å². The summed E-state index contributed by atoms with van der Waals surface area (Å²) in [4.78, 5) is 41.6. The standard InChI is InChI=1S/C24H27F3N6O4/c1-12-17(27)18(36-6)29-20(28-12)33-10-15-19(34)32(5)21(30-22(35)37-23(2,3)4)31-24(15,11-33)14-9-13(25)7-8-16(14)26/h7-9,15H,10-11H2,1-6H3,(H,30,31,35). The predicted octanol–water partition coefficient (Wildman–Crippen LogP) is 2.90. The number of nitrogens with one attached hydrogen (secondary N) is 1. The van der Waals surface area contributed by atoms with E-state index < -0.39 is 46.5 Å². The third kappa shape index (κ3) is 4.77. The quantitative estimate of drug-likeness (QED) is 0.663. The lowest BCUT2D eigenvalue weighted by atomic mass is 9.79. The first-order valence-corrected chi connectivity index (χ1v) is 11.4.